The molecule has 2 aromatic rings. The van der Waals surface area contributed by atoms with Crippen LogP contribution in [0.25, 0.3) is 0 Å². The highest BCUT2D eigenvalue weighted by Gasteiger charge is 2.39. The summed E-state index contributed by atoms with van der Waals surface area (Å²) in [6.45, 7) is 4.66. The molecular weight excluding hydrogens is 400 g/mol. The van der Waals surface area contributed by atoms with Crippen molar-refractivity contribution in [2.75, 3.05) is 24.5 Å². The normalized spacial score (nSPS) is 19.9. The lowest BCUT2D eigenvalue weighted by molar-refractivity contribution is -0.124. The summed E-state index contributed by atoms with van der Waals surface area (Å²) in [6, 6.07) is 9.98. The largest absolute Gasteiger partial charge is 0.357 e. The summed E-state index contributed by atoms with van der Waals surface area (Å²) < 4.78 is 27.5. The number of sulfonamides is 1. The van der Waals surface area contributed by atoms with Gasteiger partial charge in [-0.2, -0.15) is 4.31 Å². The Bertz CT molecular complexity index is 1000. The molecule has 1 aromatic heterocycles. The number of pyridine rings is 1. The zero-order valence-corrected chi connectivity index (χ0v) is 18.1. The molecule has 1 atom stereocenters. The van der Waals surface area contributed by atoms with Gasteiger partial charge in [0.2, 0.25) is 15.9 Å². The maximum atomic E-state index is 13.1. The fourth-order valence-electron chi connectivity index (χ4n) is 4.13. The number of hydrogen-bond acceptors (Lipinski definition) is 5. The highest BCUT2D eigenvalue weighted by molar-refractivity contribution is 7.89. The first kappa shape index (κ1) is 20.8. The number of nitrogens with zero attached hydrogens (tertiary/aromatic N) is 3. The van der Waals surface area contributed by atoms with Gasteiger partial charge in [-0.05, 0) is 62.4 Å². The molecule has 1 N–H and O–H groups in total. The summed E-state index contributed by atoms with van der Waals surface area (Å²) in [4.78, 5) is 19.8. The zero-order valence-electron chi connectivity index (χ0n) is 17.3. The van der Waals surface area contributed by atoms with E-state index in [-0.39, 0.29) is 10.8 Å². The van der Waals surface area contributed by atoms with Crippen LogP contribution in [0.2, 0.25) is 0 Å². The zero-order chi connectivity index (χ0) is 21.1. The van der Waals surface area contributed by atoms with Crippen molar-refractivity contribution < 1.29 is 13.2 Å². The summed E-state index contributed by atoms with van der Waals surface area (Å²) in [7, 11) is -3.69. The number of rotatable bonds is 6. The fraction of sp³-hybridized carbons (Fsp3) is 0.455. The van der Waals surface area contributed by atoms with Gasteiger partial charge in [-0.25, -0.2) is 13.4 Å². The van der Waals surface area contributed by atoms with Crippen LogP contribution in [0.3, 0.4) is 0 Å². The lowest BCUT2D eigenvalue weighted by Gasteiger charge is -2.23. The average molecular weight is 429 g/mol. The molecule has 3 heterocycles. The van der Waals surface area contributed by atoms with Crippen LogP contribution in [0.4, 0.5) is 5.82 Å². The van der Waals surface area contributed by atoms with Crippen molar-refractivity contribution in [1.82, 2.24) is 14.6 Å². The standard InChI is InChI=1S/C22H28N4O3S/c1-17-6-8-19(9-7-17)30(28,29)26-14-4-5-20(26)22(27)24-16-18-10-11-23-21(15-18)25-12-2-3-13-25/h6-11,15,20H,2-5,12-14,16H2,1H3,(H,24,27)/t20-/m0/s1. The van der Waals surface area contributed by atoms with Gasteiger partial charge in [-0.15, -0.1) is 0 Å². The SMILES string of the molecule is Cc1ccc(S(=O)(=O)N2CCC[C@H]2C(=O)NCc2ccnc(N3CCCC3)c2)cc1. The second kappa shape index (κ2) is 8.73. The average Bonchev–Trinajstić information content (AvgIpc) is 3.45. The minimum atomic E-state index is -3.69. The summed E-state index contributed by atoms with van der Waals surface area (Å²) in [5.74, 6) is 0.686. The minimum absolute atomic E-state index is 0.234. The highest BCUT2D eigenvalue weighted by Crippen LogP contribution is 2.26. The molecule has 0 saturated carbocycles. The lowest BCUT2D eigenvalue weighted by Crippen LogP contribution is -2.45. The number of amides is 1. The monoisotopic (exact) mass is 428 g/mol. The molecule has 0 bridgehead atoms. The van der Waals surface area contributed by atoms with E-state index in [0.29, 0.717) is 25.9 Å². The number of carbonyl (C=O) groups excluding carboxylic acids is 1. The number of aromatic nitrogens is 1. The molecule has 7 nitrogen and oxygen atoms in total. The van der Waals surface area contributed by atoms with Crippen LogP contribution >= 0.6 is 0 Å². The second-order valence-corrected chi connectivity index (χ2v) is 9.91. The number of aryl methyl sites for hydroxylation is 1. The van der Waals surface area contributed by atoms with Crippen molar-refractivity contribution in [3.05, 3.63) is 53.7 Å². The molecule has 4 rings (SSSR count). The van der Waals surface area contributed by atoms with Gasteiger partial charge in [0.05, 0.1) is 4.90 Å². The van der Waals surface area contributed by atoms with Gasteiger partial charge in [-0.1, -0.05) is 17.7 Å². The molecule has 0 unspecified atom stereocenters. The molecule has 0 spiro atoms. The Morgan fingerprint density at radius 3 is 2.57 bits per heavy atom. The van der Waals surface area contributed by atoms with Crippen molar-refractivity contribution in [1.29, 1.82) is 0 Å². The lowest BCUT2D eigenvalue weighted by atomic mass is 10.2. The summed E-state index contributed by atoms with van der Waals surface area (Å²) in [6.07, 6.45) is 5.33. The Morgan fingerprint density at radius 2 is 1.83 bits per heavy atom. The minimum Gasteiger partial charge on any atom is -0.357 e. The number of benzene rings is 1. The topological polar surface area (TPSA) is 82.6 Å². The van der Waals surface area contributed by atoms with Gasteiger partial charge in [0.1, 0.15) is 11.9 Å². The number of nitrogens with one attached hydrogen (secondary N) is 1. The number of anilines is 1. The van der Waals surface area contributed by atoms with E-state index in [1.807, 2.05) is 19.1 Å². The Kier molecular flexibility index (Phi) is 6.06. The Morgan fingerprint density at radius 1 is 1.10 bits per heavy atom. The number of hydrogen-bond donors (Lipinski definition) is 1. The predicted molar refractivity (Wildman–Crippen MR) is 116 cm³/mol. The highest BCUT2D eigenvalue weighted by atomic mass is 32.2. The van der Waals surface area contributed by atoms with Gasteiger partial charge in [-0.3, -0.25) is 4.79 Å². The van der Waals surface area contributed by atoms with Crippen LogP contribution in [0.15, 0.2) is 47.5 Å². The third kappa shape index (κ3) is 4.34. The molecule has 1 aromatic carbocycles. The first-order chi connectivity index (χ1) is 14.4. The van der Waals surface area contributed by atoms with E-state index in [1.165, 1.54) is 17.1 Å². The second-order valence-electron chi connectivity index (χ2n) is 8.02. The van der Waals surface area contributed by atoms with Crippen molar-refractivity contribution in [2.24, 2.45) is 0 Å². The van der Waals surface area contributed by atoms with E-state index in [4.69, 9.17) is 0 Å². The third-order valence-corrected chi connectivity index (χ3v) is 7.76. The maximum Gasteiger partial charge on any atom is 0.243 e. The molecule has 2 aliphatic rings. The fourth-order valence-corrected chi connectivity index (χ4v) is 5.79. The van der Waals surface area contributed by atoms with Crippen LogP contribution in [0.1, 0.15) is 36.8 Å². The van der Waals surface area contributed by atoms with Crippen LogP contribution in [-0.2, 0) is 21.4 Å². The summed E-state index contributed by atoms with van der Waals surface area (Å²) in [5, 5.41) is 2.93. The van der Waals surface area contributed by atoms with Crippen LogP contribution in [0, 0.1) is 6.92 Å². The van der Waals surface area contributed by atoms with E-state index in [9.17, 15) is 13.2 Å². The van der Waals surface area contributed by atoms with E-state index in [1.54, 1.807) is 30.5 Å². The molecule has 0 radical (unpaired) electrons. The Balaban J connectivity index is 1.43. The molecule has 0 aliphatic carbocycles. The van der Waals surface area contributed by atoms with Crippen molar-refractivity contribution in [3.63, 3.8) is 0 Å². The predicted octanol–water partition coefficient (Wildman–Crippen LogP) is 2.46. The van der Waals surface area contributed by atoms with E-state index >= 15 is 0 Å². The van der Waals surface area contributed by atoms with Gasteiger partial charge in [0.15, 0.2) is 0 Å². The van der Waals surface area contributed by atoms with Gasteiger partial charge in [0, 0.05) is 32.4 Å². The summed E-state index contributed by atoms with van der Waals surface area (Å²) >= 11 is 0. The molecule has 2 saturated heterocycles. The molecule has 30 heavy (non-hydrogen) atoms. The Hall–Kier alpha value is -2.45. The van der Waals surface area contributed by atoms with Crippen LogP contribution in [-0.4, -0.2) is 49.3 Å². The molecule has 2 aliphatic heterocycles. The van der Waals surface area contributed by atoms with Crippen molar-refractivity contribution in [2.45, 2.75) is 50.1 Å². The van der Waals surface area contributed by atoms with Crippen LogP contribution < -0.4 is 10.2 Å². The van der Waals surface area contributed by atoms with Crippen molar-refractivity contribution >= 4 is 21.7 Å². The molecule has 2 fully saturated rings. The molecule has 8 heteroatoms. The number of carbonyl (C=O) groups is 1. The van der Waals surface area contributed by atoms with E-state index in [0.717, 1.165) is 30.0 Å². The van der Waals surface area contributed by atoms with Gasteiger partial charge < -0.3 is 10.2 Å². The first-order valence-electron chi connectivity index (χ1n) is 10.5. The molecule has 160 valence electrons. The van der Waals surface area contributed by atoms with E-state index < -0.39 is 16.1 Å². The summed E-state index contributed by atoms with van der Waals surface area (Å²) in [5.41, 5.74) is 1.96. The van der Waals surface area contributed by atoms with Crippen molar-refractivity contribution in [3.8, 4) is 0 Å². The van der Waals surface area contributed by atoms with E-state index in [2.05, 4.69) is 15.2 Å². The van der Waals surface area contributed by atoms with Gasteiger partial charge >= 0.3 is 0 Å². The first-order valence-corrected chi connectivity index (χ1v) is 12.0. The van der Waals surface area contributed by atoms with Crippen LogP contribution in [0.5, 0.6) is 0 Å². The maximum absolute atomic E-state index is 13.1. The third-order valence-electron chi connectivity index (χ3n) is 5.84. The smallest absolute Gasteiger partial charge is 0.243 e. The van der Waals surface area contributed by atoms with Gasteiger partial charge in [0.25, 0.3) is 0 Å². The molecule has 1 amide bonds. The Labute approximate surface area is 178 Å². The molecular formula is C22H28N4O3S. The quantitative estimate of drug-likeness (QED) is 0.764.